The summed E-state index contributed by atoms with van der Waals surface area (Å²) in [5.74, 6) is -11.8. The van der Waals surface area contributed by atoms with Crippen LogP contribution in [0.1, 0.15) is 162 Å². The van der Waals surface area contributed by atoms with E-state index in [1.54, 1.807) is 41.5 Å². The van der Waals surface area contributed by atoms with Crippen molar-refractivity contribution in [1.29, 1.82) is 0 Å². The number of allylic oxidation sites excluding steroid dienone is 2. The van der Waals surface area contributed by atoms with Gasteiger partial charge in [0.1, 0.15) is 60.4 Å². The van der Waals surface area contributed by atoms with E-state index in [1.807, 2.05) is 55.4 Å². The SMILES string of the molecule is [2H]/C(=C\C[C@@H](C)[C@@H](O)[C@H]1C(=O)N[C@@H](C(C)C)C(=O)N(C)CC(=O)N(C)[C@@H](CC(C)C)C(=O)N[C@@H](C(C)C)C(=O)N(C)[C@@H](CC(C)C)C(=O)N[C@@H](C)C(=O)N[C@H](C)C(=O)N(C)[C@@H](CC(C)C)C(=O)N(C)[C@@H](CC(C)C)C(=O)N(C)[C@@H](C(C)C)C(=O)N1C)C([2H])([2H])[2H]. The number of rotatable bonds is 15. The summed E-state index contributed by atoms with van der Waals surface area (Å²) in [5.41, 5.74) is 0. The van der Waals surface area contributed by atoms with Crippen molar-refractivity contribution in [2.45, 2.75) is 223 Å². The molecule has 0 aliphatic carbocycles. The van der Waals surface area contributed by atoms with Gasteiger partial charge in [0.15, 0.2) is 0 Å². The number of aliphatic hydroxyl groups is 1. The lowest BCUT2D eigenvalue weighted by atomic mass is 9.91. The fourth-order valence-corrected chi connectivity index (χ4v) is 10.7. The largest absolute Gasteiger partial charge is 0.390 e. The van der Waals surface area contributed by atoms with Gasteiger partial charge in [-0.05, 0) is 100 Å². The van der Waals surface area contributed by atoms with E-state index in [4.69, 9.17) is 5.48 Å². The molecule has 1 rings (SSSR count). The zero-order valence-corrected chi connectivity index (χ0v) is 56.4. The lowest BCUT2D eigenvalue weighted by molar-refractivity contribution is -0.157. The molecule has 0 aromatic rings. The highest BCUT2D eigenvalue weighted by molar-refractivity contribution is 5.99. The Balaban J connectivity index is 4.44. The topological polar surface area (TPSA) is 279 Å². The van der Waals surface area contributed by atoms with Gasteiger partial charge in [-0.15, -0.1) is 0 Å². The molecule has 86 heavy (non-hydrogen) atoms. The van der Waals surface area contributed by atoms with E-state index in [0.29, 0.717) is 0 Å². The van der Waals surface area contributed by atoms with Gasteiger partial charge in [0.25, 0.3) is 0 Å². The van der Waals surface area contributed by atoms with Crippen LogP contribution in [0.5, 0.6) is 0 Å². The van der Waals surface area contributed by atoms with Crippen LogP contribution in [0.4, 0.5) is 0 Å². The molecule has 1 heterocycles. The first-order valence-corrected chi connectivity index (χ1v) is 30.6. The van der Waals surface area contributed by atoms with Gasteiger partial charge in [0.05, 0.1) is 14.0 Å². The van der Waals surface area contributed by atoms with Gasteiger partial charge >= 0.3 is 0 Å². The number of carbonyl (C=O) groups is 11. The first-order chi connectivity index (χ1) is 41.1. The smallest absolute Gasteiger partial charge is 0.246 e. The van der Waals surface area contributed by atoms with Gasteiger partial charge in [-0.25, -0.2) is 0 Å². The second kappa shape index (κ2) is 35.0. The summed E-state index contributed by atoms with van der Waals surface area (Å²) in [7, 11) is 9.56. The van der Waals surface area contributed by atoms with E-state index in [0.717, 1.165) is 15.9 Å². The highest BCUT2D eigenvalue weighted by Crippen LogP contribution is 2.26. The van der Waals surface area contributed by atoms with Crippen molar-refractivity contribution in [2.24, 2.45) is 47.3 Å². The zero-order valence-electron chi connectivity index (χ0n) is 60.4. The number of likely N-dealkylation sites (N-methyl/N-ethyl adjacent to an activating group) is 7. The van der Waals surface area contributed by atoms with E-state index < -0.39 is 175 Å². The molecule has 0 spiro atoms. The van der Waals surface area contributed by atoms with Crippen LogP contribution in [0.25, 0.3) is 0 Å². The van der Waals surface area contributed by atoms with Crippen molar-refractivity contribution in [2.75, 3.05) is 55.9 Å². The molecule has 12 atom stereocenters. The minimum Gasteiger partial charge on any atom is -0.390 e. The molecular weight excluding hydrogens is 1100 g/mol. The second-order valence-corrected chi connectivity index (χ2v) is 26.6. The Morgan fingerprint density at radius 3 is 1.29 bits per heavy atom. The van der Waals surface area contributed by atoms with Crippen molar-refractivity contribution < 1.29 is 63.3 Å². The Hall–Kier alpha value is -6.13. The normalized spacial score (nSPS) is 27.7. The van der Waals surface area contributed by atoms with Crippen LogP contribution < -0.4 is 21.3 Å². The van der Waals surface area contributed by atoms with E-state index in [-0.39, 0.29) is 55.8 Å². The lowest BCUT2D eigenvalue weighted by Crippen LogP contribution is -2.64. The molecule has 0 bridgehead atoms. The third-order valence-corrected chi connectivity index (χ3v) is 16.1. The van der Waals surface area contributed by atoms with E-state index in [1.165, 1.54) is 94.6 Å². The maximum Gasteiger partial charge on any atom is 0.246 e. The third kappa shape index (κ3) is 21.6. The maximum atomic E-state index is 15.3. The Kier molecular flexibility index (Phi) is 28.8. The molecule has 0 aromatic carbocycles. The lowest BCUT2D eigenvalue weighted by Gasteiger charge is -2.41. The molecule has 1 saturated heterocycles. The predicted molar refractivity (Wildman–Crippen MR) is 333 cm³/mol. The quantitative estimate of drug-likeness (QED) is 0.147. The molecule has 0 saturated carbocycles. The van der Waals surface area contributed by atoms with Gasteiger partial charge in [-0.1, -0.05) is 116 Å². The number of carbonyl (C=O) groups excluding carboxylic acids is 11. The van der Waals surface area contributed by atoms with Gasteiger partial charge in [0.2, 0.25) is 65.0 Å². The van der Waals surface area contributed by atoms with Crippen LogP contribution in [0.3, 0.4) is 0 Å². The standard InChI is InChI=1S/C63H113N11O12/c1-26-27-28-41(16)53(76)52-57(80)67-49(38(10)11)61(84)68(19)33-48(75)69(20)44(29-34(2)3)56(79)66-50(39(12)13)62(85)70(21)45(30-35(4)5)55(78)64-42(17)54(77)65-43(18)58(81)71(22)46(31-36(6)7)59(82)72(23)47(32-37(8)9)60(83)73(24)51(40(14)15)63(86)74(52)25/h26-27,34-47,49-53,76H,28-33H2,1-25H3,(H,64,78)(H,65,77)(H,66,79)(H,67,80)/b27-26+/t41-,42+,43-,44+,45+,46+,47+,49+,50+,51+,52+,53-/m1/s1/i1D3,26D. The molecule has 492 valence electrons. The van der Waals surface area contributed by atoms with Crippen LogP contribution in [-0.4, -0.2) is 227 Å². The fourth-order valence-electron chi connectivity index (χ4n) is 10.7. The first-order valence-electron chi connectivity index (χ1n) is 32.6. The van der Waals surface area contributed by atoms with E-state index in [9.17, 15) is 38.7 Å². The number of amides is 11. The number of nitrogens with zero attached hydrogens (tertiary/aromatic N) is 7. The molecule has 23 nitrogen and oxygen atoms in total. The molecule has 23 heteroatoms. The minimum atomic E-state index is -2.80. The average Bonchev–Trinajstić information content (AvgIpc) is 3.23. The molecule has 1 aliphatic heterocycles. The molecule has 1 aliphatic rings. The highest BCUT2D eigenvalue weighted by atomic mass is 16.3. The van der Waals surface area contributed by atoms with Gasteiger partial charge in [0, 0.05) is 53.4 Å². The summed E-state index contributed by atoms with van der Waals surface area (Å²) in [5, 5.41) is 23.1. The van der Waals surface area contributed by atoms with Crippen molar-refractivity contribution >= 4 is 65.0 Å². The summed E-state index contributed by atoms with van der Waals surface area (Å²) in [4.78, 5) is 169. The molecule has 0 aromatic heterocycles. The Morgan fingerprint density at radius 1 is 0.453 bits per heavy atom. The van der Waals surface area contributed by atoms with Crippen LogP contribution >= 0.6 is 0 Å². The summed E-state index contributed by atoms with van der Waals surface area (Å²) in [6, 6.07) is -13.9. The highest BCUT2D eigenvalue weighted by Gasteiger charge is 2.46. The predicted octanol–water partition coefficient (Wildman–Crippen LogP) is 3.52. The van der Waals surface area contributed by atoms with E-state index >= 15 is 19.2 Å². The fraction of sp³-hybridized carbons (Fsp3) is 0.794. The van der Waals surface area contributed by atoms with Gasteiger partial charge in [-0.3, -0.25) is 52.7 Å². The van der Waals surface area contributed by atoms with Crippen LogP contribution in [-0.2, 0) is 52.7 Å². The number of nitrogens with one attached hydrogen (secondary N) is 4. The summed E-state index contributed by atoms with van der Waals surface area (Å²) in [6.45, 7) is 25.6. The van der Waals surface area contributed by atoms with Crippen LogP contribution in [0.15, 0.2) is 12.1 Å². The van der Waals surface area contributed by atoms with Crippen molar-refractivity contribution in [3.05, 3.63) is 12.1 Å². The minimum absolute atomic E-state index is 0.0835. The average molecular weight is 1220 g/mol. The van der Waals surface area contributed by atoms with Crippen LogP contribution in [0, 0.1) is 47.3 Å². The Bertz CT molecular complexity index is 2530. The second-order valence-electron chi connectivity index (χ2n) is 26.6. The summed E-state index contributed by atoms with van der Waals surface area (Å²) in [6.07, 6.45) is -0.521. The maximum absolute atomic E-state index is 15.3. The van der Waals surface area contributed by atoms with Crippen molar-refractivity contribution in [1.82, 2.24) is 55.6 Å². The van der Waals surface area contributed by atoms with Gasteiger partial charge < -0.3 is 60.7 Å². The zero-order chi connectivity index (χ0) is 70.2. The number of aliphatic hydroxyl groups excluding tert-OH is 1. The Morgan fingerprint density at radius 2 is 0.837 bits per heavy atom. The molecular formula is C63H113N11O12. The molecule has 11 amide bonds. The van der Waals surface area contributed by atoms with Gasteiger partial charge in [-0.2, -0.15) is 0 Å². The van der Waals surface area contributed by atoms with Crippen molar-refractivity contribution in [3.63, 3.8) is 0 Å². The number of hydrogen-bond acceptors (Lipinski definition) is 12. The summed E-state index contributed by atoms with van der Waals surface area (Å²) >= 11 is 0. The third-order valence-electron chi connectivity index (χ3n) is 16.1. The molecule has 0 radical (unpaired) electrons. The van der Waals surface area contributed by atoms with Crippen LogP contribution in [0.2, 0.25) is 0 Å². The van der Waals surface area contributed by atoms with Crippen molar-refractivity contribution in [3.8, 4) is 0 Å². The summed E-state index contributed by atoms with van der Waals surface area (Å²) < 4.78 is 31.3. The molecule has 1 fully saturated rings. The molecule has 5 N–H and O–H groups in total. The van der Waals surface area contributed by atoms with E-state index in [2.05, 4.69) is 21.3 Å². The Labute approximate surface area is 520 Å². The first kappa shape index (κ1) is 70.6. The monoisotopic (exact) mass is 1220 g/mol. The number of hydrogen-bond donors (Lipinski definition) is 5. The molecule has 0 unspecified atom stereocenters.